The highest BCUT2D eigenvalue weighted by Crippen LogP contribution is 2.44. The fourth-order valence-electron chi connectivity index (χ4n) is 3.21. The van der Waals surface area contributed by atoms with E-state index in [0.29, 0.717) is 5.02 Å². The number of aromatic nitrogens is 2. The standard InChI is InChI=1S/C18H16ClN3O/c19-14-8-6-13(7-9-14)18(10-3-11-18)17(23)21-22-12-20-15-4-1-2-5-16(15)22/h1-2,4-9,12H,3,10-11H2,(H,21,23). The van der Waals surface area contributed by atoms with E-state index < -0.39 is 5.41 Å². The van der Waals surface area contributed by atoms with Gasteiger partial charge in [0, 0.05) is 5.02 Å². The molecule has 0 spiro atoms. The first-order valence-corrected chi connectivity index (χ1v) is 8.06. The molecule has 3 aromatic rings. The Morgan fingerprint density at radius 3 is 2.57 bits per heavy atom. The molecule has 1 aliphatic carbocycles. The molecule has 0 aliphatic heterocycles. The second-order valence-corrected chi connectivity index (χ2v) is 6.42. The van der Waals surface area contributed by atoms with Gasteiger partial charge in [-0.1, -0.05) is 42.3 Å². The number of nitrogens with zero attached hydrogens (tertiary/aromatic N) is 2. The van der Waals surface area contributed by atoms with E-state index in [1.807, 2.05) is 48.5 Å². The molecule has 0 unspecified atom stereocenters. The van der Waals surface area contributed by atoms with E-state index in [0.717, 1.165) is 35.9 Å². The summed E-state index contributed by atoms with van der Waals surface area (Å²) in [5.74, 6) is 0.00854. The first kappa shape index (κ1) is 14.3. The van der Waals surface area contributed by atoms with Gasteiger partial charge in [-0.3, -0.25) is 10.2 Å². The summed E-state index contributed by atoms with van der Waals surface area (Å²) in [6, 6.07) is 15.3. The van der Waals surface area contributed by atoms with Crippen molar-refractivity contribution in [2.75, 3.05) is 5.43 Å². The molecule has 0 atom stereocenters. The molecule has 1 amide bonds. The first-order chi connectivity index (χ1) is 11.2. The molecule has 1 fully saturated rings. The molecular weight excluding hydrogens is 310 g/mol. The molecule has 4 rings (SSSR count). The minimum absolute atomic E-state index is 0.00854. The zero-order chi connectivity index (χ0) is 15.9. The summed E-state index contributed by atoms with van der Waals surface area (Å²) >= 11 is 5.97. The van der Waals surface area contributed by atoms with Crippen LogP contribution in [0.15, 0.2) is 54.9 Å². The molecule has 0 bridgehead atoms. The maximum atomic E-state index is 13.0. The van der Waals surface area contributed by atoms with Crippen molar-refractivity contribution in [1.29, 1.82) is 0 Å². The topological polar surface area (TPSA) is 46.9 Å². The molecule has 1 saturated carbocycles. The van der Waals surface area contributed by atoms with Crippen molar-refractivity contribution in [2.24, 2.45) is 0 Å². The second-order valence-electron chi connectivity index (χ2n) is 5.99. The molecule has 2 aromatic carbocycles. The quantitative estimate of drug-likeness (QED) is 0.794. The van der Waals surface area contributed by atoms with Gasteiger partial charge in [0.1, 0.15) is 6.33 Å². The average Bonchev–Trinajstić information content (AvgIpc) is 2.91. The zero-order valence-corrected chi connectivity index (χ0v) is 13.3. The van der Waals surface area contributed by atoms with Crippen LogP contribution < -0.4 is 5.43 Å². The summed E-state index contributed by atoms with van der Waals surface area (Å²) in [7, 11) is 0. The van der Waals surface area contributed by atoms with Crippen LogP contribution in [0.4, 0.5) is 0 Å². The van der Waals surface area contributed by atoms with Gasteiger partial charge in [0.15, 0.2) is 0 Å². The van der Waals surface area contributed by atoms with Crippen LogP contribution in [0, 0.1) is 0 Å². The Labute approximate surface area is 139 Å². The minimum Gasteiger partial charge on any atom is -0.272 e. The van der Waals surface area contributed by atoms with Crippen molar-refractivity contribution < 1.29 is 4.79 Å². The van der Waals surface area contributed by atoms with Gasteiger partial charge in [-0.25, -0.2) is 9.66 Å². The molecule has 1 aromatic heterocycles. The lowest BCUT2D eigenvalue weighted by Crippen LogP contribution is -2.48. The van der Waals surface area contributed by atoms with Crippen molar-refractivity contribution in [2.45, 2.75) is 24.7 Å². The summed E-state index contributed by atoms with van der Waals surface area (Å²) < 4.78 is 1.70. The number of halogens is 1. The van der Waals surface area contributed by atoms with Crippen LogP contribution in [0.25, 0.3) is 11.0 Å². The van der Waals surface area contributed by atoms with Crippen molar-refractivity contribution >= 4 is 28.5 Å². The van der Waals surface area contributed by atoms with E-state index >= 15 is 0 Å². The maximum absolute atomic E-state index is 13.0. The zero-order valence-electron chi connectivity index (χ0n) is 12.5. The number of hydrogen-bond donors (Lipinski definition) is 1. The van der Waals surface area contributed by atoms with Gasteiger partial charge >= 0.3 is 0 Å². The van der Waals surface area contributed by atoms with Gasteiger partial charge in [-0.15, -0.1) is 0 Å². The largest absolute Gasteiger partial charge is 0.272 e. The lowest BCUT2D eigenvalue weighted by atomic mass is 9.64. The third kappa shape index (κ3) is 2.30. The molecule has 116 valence electrons. The average molecular weight is 326 g/mol. The number of fused-ring (bicyclic) bond motifs is 1. The van der Waals surface area contributed by atoms with Gasteiger partial charge in [0.05, 0.1) is 16.4 Å². The number of hydrogen-bond acceptors (Lipinski definition) is 2. The van der Waals surface area contributed by atoms with Crippen LogP contribution in [0.1, 0.15) is 24.8 Å². The highest BCUT2D eigenvalue weighted by Gasteiger charge is 2.45. The lowest BCUT2D eigenvalue weighted by Gasteiger charge is -2.40. The summed E-state index contributed by atoms with van der Waals surface area (Å²) in [4.78, 5) is 17.3. The van der Waals surface area contributed by atoms with E-state index in [-0.39, 0.29) is 5.91 Å². The number of carbonyl (C=O) groups excluding carboxylic acids is 1. The van der Waals surface area contributed by atoms with E-state index in [9.17, 15) is 4.79 Å². The molecule has 1 heterocycles. The predicted octanol–water partition coefficient (Wildman–Crippen LogP) is 3.88. The van der Waals surface area contributed by atoms with Crippen molar-refractivity contribution in [3.05, 3.63) is 65.4 Å². The van der Waals surface area contributed by atoms with Gasteiger partial charge in [0.2, 0.25) is 5.91 Å². The third-order valence-electron chi connectivity index (χ3n) is 4.71. The van der Waals surface area contributed by atoms with E-state index in [1.165, 1.54) is 0 Å². The fraction of sp³-hybridized carbons (Fsp3) is 0.222. The van der Waals surface area contributed by atoms with Crippen LogP contribution in [0.5, 0.6) is 0 Å². The highest BCUT2D eigenvalue weighted by atomic mass is 35.5. The van der Waals surface area contributed by atoms with Crippen LogP contribution in [-0.4, -0.2) is 15.6 Å². The number of amides is 1. The van der Waals surface area contributed by atoms with Crippen LogP contribution in [0.3, 0.4) is 0 Å². The van der Waals surface area contributed by atoms with Crippen LogP contribution >= 0.6 is 11.6 Å². The number of carbonyl (C=O) groups is 1. The van der Waals surface area contributed by atoms with Gasteiger partial charge in [-0.05, 0) is 42.7 Å². The monoisotopic (exact) mass is 325 g/mol. The van der Waals surface area contributed by atoms with Crippen LogP contribution in [-0.2, 0) is 10.2 Å². The summed E-state index contributed by atoms with van der Waals surface area (Å²) in [5.41, 5.74) is 5.32. The van der Waals surface area contributed by atoms with Crippen LogP contribution in [0.2, 0.25) is 5.02 Å². The Kier molecular flexibility index (Phi) is 3.34. The Morgan fingerprint density at radius 1 is 1.13 bits per heavy atom. The van der Waals surface area contributed by atoms with Crippen molar-refractivity contribution in [1.82, 2.24) is 9.66 Å². The molecular formula is C18H16ClN3O. The summed E-state index contributed by atoms with van der Waals surface area (Å²) in [5, 5.41) is 0.684. The van der Waals surface area contributed by atoms with Gasteiger partial charge in [0.25, 0.3) is 0 Å². The minimum atomic E-state index is -0.462. The molecule has 0 radical (unpaired) electrons. The van der Waals surface area contributed by atoms with E-state index in [2.05, 4.69) is 10.4 Å². The first-order valence-electron chi connectivity index (χ1n) is 7.69. The summed E-state index contributed by atoms with van der Waals surface area (Å²) in [6.45, 7) is 0. The number of imidazole rings is 1. The molecule has 4 nitrogen and oxygen atoms in total. The molecule has 1 aliphatic rings. The molecule has 1 N–H and O–H groups in total. The Morgan fingerprint density at radius 2 is 1.87 bits per heavy atom. The van der Waals surface area contributed by atoms with Gasteiger partial charge < -0.3 is 0 Å². The third-order valence-corrected chi connectivity index (χ3v) is 4.97. The smallest absolute Gasteiger partial charge is 0.249 e. The maximum Gasteiger partial charge on any atom is 0.249 e. The second kappa shape index (κ2) is 5.39. The summed E-state index contributed by atoms with van der Waals surface area (Å²) in [6.07, 6.45) is 4.41. The SMILES string of the molecule is O=C(Nn1cnc2ccccc21)C1(c2ccc(Cl)cc2)CCC1. The lowest BCUT2D eigenvalue weighted by molar-refractivity contribution is -0.125. The van der Waals surface area contributed by atoms with Crippen molar-refractivity contribution in [3.63, 3.8) is 0 Å². The Bertz CT molecular complexity index is 865. The van der Waals surface area contributed by atoms with E-state index in [1.54, 1.807) is 11.0 Å². The Hall–Kier alpha value is -2.33. The number of nitrogens with one attached hydrogen (secondary N) is 1. The normalized spacial score (nSPS) is 16.0. The number of para-hydroxylation sites is 2. The fourth-order valence-corrected chi connectivity index (χ4v) is 3.34. The number of rotatable bonds is 3. The van der Waals surface area contributed by atoms with Gasteiger partial charge in [-0.2, -0.15) is 0 Å². The molecule has 23 heavy (non-hydrogen) atoms. The highest BCUT2D eigenvalue weighted by molar-refractivity contribution is 6.30. The van der Waals surface area contributed by atoms with E-state index in [4.69, 9.17) is 11.6 Å². The molecule has 5 heteroatoms. The van der Waals surface area contributed by atoms with Crippen molar-refractivity contribution in [3.8, 4) is 0 Å². The molecule has 0 saturated heterocycles. The predicted molar refractivity (Wildman–Crippen MR) is 91.1 cm³/mol. The number of benzene rings is 2. The Balaban J connectivity index is 1.66.